The summed E-state index contributed by atoms with van der Waals surface area (Å²) < 4.78 is 17.1. The van der Waals surface area contributed by atoms with E-state index in [4.69, 9.17) is 19.7 Å². The van der Waals surface area contributed by atoms with Gasteiger partial charge in [0.05, 0.1) is 60.3 Å². The van der Waals surface area contributed by atoms with Crippen LogP contribution in [0, 0.1) is 0 Å². The van der Waals surface area contributed by atoms with Gasteiger partial charge in [0.25, 0.3) is 0 Å². The van der Waals surface area contributed by atoms with Gasteiger partial charge in [-0.2, -0.15) is 30.3 Å². The summed E-state index contributed by atoms with van der Waals surface area (Å²) in [6, 6.07) is 18.5. The van der Waals surface area contributed by atoms with E-state index < -0.39 is 0 Å². The van der Waals surface area contributed by atoms with E-state index in [1.165, 1.54) is 5.56 Å². The van der Waals surface area contributed by atoms with Crippen LogP contribution in [0.1, 0.15) is 5.56 Å². The van der Waals surface area contributed by atoms with Crippen LogP contribution >= 0.6 is 0 Å². The molecule has 0 saturated carbocycles. The number of hydrogen-bond acceptors (Lipinski definition) is 4. The molecule has 0 aliphatic heterocycles. The van der Waals surface area contributed by atoms with E-state index in [0.717, 1.165) is 24.2 Å². The van der Waals surface area contributed by atoms with Crippen molar-refractivity contribution in [2.24, 2.45) is 5.11 Å². The maximum atomic E-state index is 8.09. The van der Waals surface area contributed by atoms with E-state index in [9.17, 15) is 0 Å². The Hall–Kier alpha value is -1.63. The summed E-state index contributed by atoms with van der Waals surface area (Å²) in [5.74, 6) is 0. The van der Waals surface area contributed by atoms with Crippen molar-refractivity contribution in [3.05, 3.63) is 70.6 Å². The minimum Gasteiger partial charge on any atom is -0.379 e. The van der Waals surface area contributed by atoms with Crippen molar-refractivity contribution in [3.8, 4) is 0 Å². The fraction of sp³-hybridized carbons (Fsp3) is 0.524. The van der Waals surface area contributed by atoms with E-state index in [1.54, 1.807) is 0 Å². The smallest absolute Gasteiger partial charge is 0.379 e. The first kappa shape index (κ1) is 27.4. The fourth-order valence-corrected chi connectivity index (χ4v) is 2.42. The Morgan fingerprint density at radius 1 is 0.931 bits per heavy atom. The van der Waals surface area contributed by atoms with E-state index in [0.29, 0.717) is 39.6 Å². The van der Waals surface area contributed by atoms with Crippen LogP contribution in [0.2, 0.25) is 0 Å². The Morgan fingerprint density at radius 2 is 1.55 bits per heavy atom. The third-order valence-corrected chi connectivity index (χ3v) is 3.88. The summed E-state index contributed by atoms with van der Waals surface area (Å²) in [4.78, 5) is 2.65. The quantitative estimate of drug-likeness (QED) is 0.0846. The van der Waals surface area contributed by atoms with Crippen LogP contribution in [0.4, 0.5) is 0 Å². The van der Waals surface area contributed by atoms with Crippen molar-refractivity contribution in [2.75, 3.05) is 66.8 Å². The zero-order chi connectivity index (χ0) is 20.3. The van der Waals surface area contributed by atoms with Gasteiger partial charge in [-0.15, -0.1) is 5.56 Å². The summed E-state index contributed by atoms with van der Waals surface area (Å²) in [7, 11) is 4.42. The topological polar surface area (TPSA) is 76.5 Å². The molecule has 0 heterocycles. The predicted molar refractivity (Wildman–Crippen MR) is 111 cm³/mol. The first-order valence-corrected chi connectivity index (χ1v) is 9.57. The molecule has 0 aliphatic rings. The molecule has 0 amide bonds. The molecule has 8 heteroatoms. The summed E-state index contributed by atoms with van der Waals surface area (Å²) in [6.07, 6.45) is 0. The third kappa shape index (κ3) is 17.0. The maximum Gasteiger partial charge on any atom is 2.00 e. The molecule has 0 fully saturated rings. The molecule has 29 heavy (non-hydrogen) atoms. The van der Waals surface area contributed by atoms with Gasteiger partial charge in [0.2, 0.25) is 0 Å². The minimum absolute atomic E-state index is 0. The number of azide groups is 1. The van der Waals surface area contributed by atoms with E-state index >= 15 is 0 Å². The van der Waals surface area contributed by atoms with Gasteiger partial charge in [0.1, 0.15) is 6.54 Å². The van der Waals surface area contributed by atoms with Crippen molar-refractivity contribution in [3.63, 3.8) is 0 Å². The molecule has 0 atom stereocenters. The number of quaternary nitrogens is 1. The van der Waals surface area contributed by atoms with Crippen LogP contribution in [0.3, 0.4) is 0 Å². The van der Waals surface area contributed by atoms with E-state index in [2.05, 4.69) is 48.4 Å². The largest absolute Gasteiger partial charge is 2.00 e. The van der Waals surface area contributed by atoms with E-state index in [1.807, 2.05) is 30.3 Å². The molecule has 2 rings (SSSR count). The SMILES string of the molecule is C[N+](C)(CCOCCOCCOCCN=[N+]=[N-])Cc1ccc[cH-]1.[Fe+2].c1cc[cH-]c1. The number of hydrogen-bond donors (Lipinski definition) is 0. The van der Waals surface area contributed by atoms with Crippen molar-refractivity contribution in [1.82, 2.24) is 0 Å². The average Bonchev–Trinajstić information content (AvgIpc) is 3.39. The zero-order valence-corrected chi connectivity index (χ0v) is 18.5. The van der Waals surface area contributed by atoms with Crippen molar-refractivity contribution < 1.29 is 35.8 Å². The van der Waals surface area contributed by atoms with Gasteiger partial charge >= 0.3 is 17.1 Å². The second kappa shape index (κ2) is 18.4. The number of ether oxygens (including phenoxy) is 3. The number of likely N-dealkylation sites (N-methyl/N-ethyl adjacent to an activating group) is 1. The first-order valence-electron chi connectivity index (χ1n) is 9.57. The van der Waals surface area contributed by atoms with Crippen molar-refractivity contribution in [2.45, 2.75) is 6.54 Å². The van der Waals surface area contributed by atoms with Crippen LogP contribution in [0.15, 0.2) is 59.7 Å². The van der Waals surface area contributed by atoms with Gasteiger partial charge in [-0.3, -0.25) is 0 Å². The predicted octanol–water partition coefficient (Wildman–Crippen LogP) is 3.75. The van der Waals surface area contributed by atoms with Crippen LogP contribution in [-0.2, 0) is 37.8 Å². The van der Waals surface area contributed by atoms with Gasteiger partial charge in [-0.25, -0.2) is 24.3 Å². The molecule has 0 aromatic heterocycles. The molecular weight excluding hydrogens is 412 g/mol. The van der Waals surface area contributed by atoms with Gasteiger partial charge in [-0.1, -0.05) is 5.11 Å². The zero-order valence-electron chi connectivity index (χ0n) is 17.4. The van der Waals surface area contributed by atoms with Crippen molar-refractivity contribution >= 4 is 0 Å². The Balaban J connectivity index is 0.00000113. The molecule has 0 N–H and O–H groups in total. The van der Waals surface area contributed by atoms with Crippen LogP contribution in [-0.4, -0.2) is 71.3 Å². The molecule has 2 aromatic rings. The fourth-order valence-electron chi connectivity index (χ4n) is 2.42. The summed E-state index contributed by atoms with van der Waals surface area (Å²) in [6.45, 7) is 5.68. The summed E-state index contributed by atoms with van der Waals surface area (Å²) >= 11 is 0. The standard InChI is InChI=1S/C16H28N4O3.C5H5.Fe/c1-20(2,15-16-5-3-4-6-16)8-10-22-12-14-23-13-11-21-9-7-18-19-17;1-2-4-5-3-1;/h3-6H,7-15H2,1-2H3;1-5H;/q;-1;+2. The molecule has 0 aliphatic carbocycles. The molecule has 0 spiro atoms. The minimum atomic E-state index is 0. The molecule has 0 unspecified atom stereocenters. The molecule has 162 valence electrons. The summed E-state index contributed by atoms with van der Waals surface area (Å²) in [5.41, 5.74) is 9.45. The number of rotatable bonds is 14. The summed E-state index contributed by atoms with van der Waals surface area (Å²) in [5, 5.41) is 3.38. The number of nitrogens with zero attached hydrogens (tertiary/aromatic N) is 4. The second-order valence-electron chi connectivity index (χ2n) is 6.86. The third-order valence-electron chi connectivity index (χ3n) is 3.88. The van der Waals surface area contributed by atoms with Gasteiger partial charge in [-0.05, 0) is 5.53 Å². The molecule has 2 aromatic carbocycles. The van der Waals surface area contributed by atoms with Crippen LogP contribution in [0.5, 0.6) is 0 Å². The Bertz CT molecular complexity index is 595. The Kier molecular flexibility index (Phi) is 17.4. The maximum absolute atomic E-state index is 8.09. The van der Waals surface area contributed by atoms with Gasteiger partial charge in [0.15, 0.2) is 0 Å². The Labute approximate surface area is 185 Å². The Morgan fingerprint density at radius 3 is 2.07 bits per heavy atom. The second-order valence-corrected chi connectivity index (χ2v) is 6.86. The monoisotopic (exact) mass is 445 g/mol. The van der Waals surface area contributed by atoms with Gasteiger partial charge in [0, 0.05) is 11.5 Å². The molecule has 7 nitrogen and oxygen atoms in total. The van der Waals surface area contributed by atoms with Crippen LogP contribution < -0.4 is 0 Å². The van der Waals surface area contributed by atoms with E-state index in [-0.39, 0.29) is 17.1 Å². The molecule has 0 radical (unpaired) electrons. The average molecular weight is 445 g/mol. The van der Waals surface area contributed by atoms with Crippen molar-refractivity contribution in [1.29, 1.82) is 0 Å². The molecule has 0 saturated heterocycles. The van der Waals surface area contributed by atoms with Gasteiger partial charge < -0.3 is 18.7 Å². The first-order chi connectivity index (χ1) is 13.6. The molecule has 0 bridgehead atoms. The molecular formula is C21H33FeN4O3+. The van der Waals surface area contributed by atoms with Crippen LogP contribution in [0.25, 0.3) is 10.4 Å². The normalized spacial score (nSPS) is 10.4.